The first kappa shape index (κ1) is 22.5. The van der Waals surface area contributed by atoms with Crippen molar-refractivity contribution in [1.29, 1.82) is 0 Å². The van der Waals surface area contributed by atoms with E-state index in [2.05, 4.69) is 53.7 Å². The lowest BCUT2D eigenvalue weighted by atomic mass is 9.84. The fourth-order valence-electron chi connectivity index (χ4n) is 5.66. The van der Waals surface area contributed by atoms with Gasteiger partial charge in [0.1, 0.15) is 0 Å². The van der Waals surface area contributed by atoms with Gasteiger partial charge < -0.3 is 0 Å². The fourth-order valence-corrected chi connectivity index (χ4v) is 9.16. The average molecular weight is 441 g/mol. The zero-order valence-electron chi connectivity index (χ0n) is 20.2. The van der Waals surface area contributed by atoms with Gasteiger partial charge in [0.2, 0.25) is 0 Å². The molecule has 0 aliphatic heterocycles. The Morgan fingerprint density at radius 1 is 0.567 bits per heavy atom. The predicted molar refractivity (Wildman–Crippen MR) is 139 cm³/mol. The van der Waals surface area contributed by atoms with Gasteiger partial charge in [0, 0.05) is 0 Å². The number of hydrogen-bond donors (Lipinski definition) is 0. The van der Waals surface area contributed by atoms with E-state index < -0.39 is 0 Å². The molecule has 164 valence electrons. The summed E-state index contributed by atoms with van der Waals surface area (Å²) in [5.41, 5.74) is 7.75. The molecule has 4 rings (SSSR count). The molecule has 2 unspecified atom stereocenters. The van der Waals surface area contributed by atoms with E-state index in [1.165, 1.54) is 64.2 Å². The molecule has 2 heterocycles. The summed E-state index contributed by atoms with van der Waals surface area (Å²) in [5, 5.41) is 7.08. The van der Waals surface area contributed by atoms with Gasteiger partial charge in [0.25, 0.3) is 0 Å². The molecular weight excluding hydrogens is 398 g/mol. The summed E-state index contributed by atoms with van der Waals surface area (Å²) in [6, 6.07) is 0. The minimum absolute atomic E-state index is 0.339. The molecule has 0 saturated heterocycles. The van der Waals surface area contributed by atoms with Gasteiger partial charge in [-0.1, -0.05) is 53.7 Å². The van der Waals surface area contributed by atoms with Gasteiger partial charge in [0.05, 0.1) is 0 Å². The molecule has 2 aliphatic rings. The first-order valence-corrected chi connectivity index (χ1v) is 14.3. The van der Waals surface area contributed by atoms with Crippen LogP contribution in [-0.2, 0) is 49.4 Å². The van der Waals surface area contributed by atoms with Crippen molar-refractivity contribution < 1.29 is 0 Å². The lowest BCUT2D eigenvalue weighted by Crippen LogP contribution is -2.13. The second-order valence-electron chi connectivity index (χ2n) is 11.7. The highest BCUT2D eigenvalue weighted by Gasteiger charge is 2.27. The minimum atomic E-state index is 0.339. The molecule has 0 spiro atoms. The summed E-state index contributed by atoms with van der Waals surface area (Å²) < 4.78 is 0. The standard InChI is InChI=1S/C28H42P2/c1-27(2,3)25-21-15-9-7-13-19(21)23(29-25)17-11-12-18-24-20-14-8-10-16-22(20)26(30-24)28(4,5)6/h11-12,29-30H,7-10,13-18H2,1-6H3/b12-11+. The van der Waals surface area contributed by atoms with E-state index >= 15 is 0 Å². The molecule has 0 saturated carbocycles. The van der Waals surface area contributed by atoms with E-state index in [0.29, 0.717) is 10.8 Å². The summed E-state index contributed by atoms with van der Waals surface area (Å²) in [6.07, 6.45) is 18.4. The largest absolute Gasteiger partial charge is 0.132 e. The number of allylic oxidation sites excluding steroid dienone is 2. The van der Waals surface area contributed by atoms with Crippen LogP contribution in [0.3, 0.4) is 0 Å². The number of rotatable bonds is 4. The molecule has 30 heavy (non-hydrogen) atoms. The summed E-state index contributed by atoms with van der Waals surface area (Å²) >= 11 is 0. The van der Waals surface area contributed by atoms with E-state index in [1.54, 1.807) is 43.4 Å². The van der Waals surface area contributed by atoms with E-state index in [1.807, 2.05) is 0 Å². The van der Waals surface area contributed by atoms with Crippen LogP contribution in [0.25, 0.3) is 0 Å². The Bertz CT molecular complexity index is 845. The molecule has 2 aliphatic carbocycles. The molecule has 2 aromatic rings. The summed E-state index contributed by atoms with van der Waals surface area (Å²) in [7, 11) is 1.91. The van der Waals surface area contributed by atoms with Crippen molar-refractivity contribution in [2.75, 3.05) is 0 Å². The van der Waals surface area contributed by atoms with Gasteiger partial charge in [-0.05, 0) is 118 Å². The van der Waals surface area contributed by atoms with Crippen LogP contribution in [-0.4, -0.2) is 0 Å². The van der Waals surface area contributed by atoms with Gasteiger partial charge in [-0.2, -0.15) is 0 Å². The third-order valence-corrected chi connectivity index (χ3v) is 11.3. The molecule has 0 radical (unpaired) electrons. The van der Waals surface area contributed by atoms with Gasteiger partial charge in [-0.25, -0.2) is 0 Å². The van der Waals surface area contributed by atoms with Crippen LogP contribution in [0.1, 0.15) is 111 Å². The van der Waals surface area contributed by atoms with E-state index in [9.17, 15) is 0 Å². The third kappa shape index (κ3) is 4.57. The van der Waals surface area contributed by atoms with E-state index in [-0.39, 0.29) is 0 Å². The van der Waals surface area contributed by atoms with Crippen molar-refractivity contribution in [2.45, 2.75) is 117 Å². The lowest BCUT2D eigenvalue weighted by molar-refractivity contribution is 0.584. The number of hydrogen-bond acceptors (Lipinski definition) is 0. The molecule has 0 amide bonds. The second-order valence-corrected chi connectivity index (χ2v) is 14.4. The second kappa shape index (κ2) is 8.68. The van der Waals surface area contributed by atoms with Crippen LogP contribution in [0.4, 0.5) is 0 Å². The maximum Gasteiger partial charge on any atom is -0.00593 e. The normalized spacial score (nSPS) is 17.9. The average Bonchev–Trinajstić information content (AvgIpc) is 3.24. The van der Waals surface area contributed by atoms with Crippen molar-refractivity contribution in [1.82, 2.24) is 0 Å². The van der Waals surface area contributed by atoms with Crippen LogP contribution in [0, 0.1) is 0 Å². The molecule has 0 N–H and O–H groups in total. The third-order valence-electron chi connectivity index (χ3n) is 7.13. The Hall–Kier alpha value is -0.700. The van der Waals surface area contributed by atoms with Crippen molar-refractivity contribution in [3.05, 3.63) is 55.6 Å². The van der Waals surface area contributed by atoms with Crippen molar-refractivity contribution in [3.8, 4) is 0 Å². The van der Waals surface area contributed by atoms with Crippen LogP contribution in [0.2, 0.25) is 0 Å². The fraction of sp³-hybridized carbons (Fsp3) is 0.643. The highest BCUT2D eigenvalue weighted by molar-refractivity contribution is 7.32. The maximum absolute atomic E-state index is 2.52. The Morgan fingerprint density at radius 3 is 1.23 bits per heavy atom. The molecule has 2 heteroatoms. The molecule has 0 aromatic carbocycles. The van der Waals surface area contributed by atoms with Gasteiger partial charge in [-0.3, -0.25) is 0 Å². The molecule has 2 atom stereocenters. The smallest absolute Gasteiger partial charge is 0.00593 e. The quantitative estimate of drug-likeness (QED) is 0.418. The topological polar surface area (TPSA) is 0 Å². The number of fused-ring (bicyclic) bond motifs is 2. The zero-order valence-corrected chi connectivity index (χ0v) is 22.2. The Morgan fingerprint density at radius 2 is 0.900 bits per heavy atom. The van der Waals surface area contributed by atoms with E-state index in [0.717, 1.165) is 16.4 Å². The summed E-state index contributed by atoms with van der Waals surface area (Å²) in [6.45, 7) is 14.5. The van der Waals surface area contributed by atoms with Crippen LogP contribution >= 0.6 is 16.4 Å². The highest BCUT2D eigenvalue weighted by Crippen LogP contribution is 2.45. The predicted octanol–water partition coefficient (Wildman–Crippen LogP) is 8.44. The van der Waals surface area contributed by atoms with Crippen LogP contribution in [0.15, 0.2) is 12.2 Å². The van der Waals surface area contributed by atoms with Gasteiger partial charge >= 0.3 is 0 Å². The lowest BCUT2D eigenvalue weighted by Gasteiger charge is -2.22. The Balaban J connectivity index is 1.52. The van der Waals surface area contributed by atoms with Crippen molar-refractivity contribution >= 4 is 16.4 Å². The Labute approximate surface area is 188 Å². The Kier molecular flexibility index (Phi) is 6.51. The van der Waals surface area contributed by atoms with Gasteiger partial charge in [0.15, 0.2) is 0 Å². The van der Waals surface area contributed by atoms with Crippen LogP contribution in [0.5, 0.6) is 0 Å². The SMILES string of the molecule is CC(C)(C)c1[pH]c(C/C=C/Cc2[pH]c(C(C)(C)C)c3c2CCCC3)c2c1CCCC2. The van der Waals surface area contributed by atoms with Crippen molar-refractivity contribution in [3.63, 3.8) is 0 Å². The highest BCUT2D eigenvalue weighted by atomic mass is 31.0. The van der Waals surface area contributed by atoms with Crippen LogP contribution < -0.4 is 0 Å². The molecular formula is C28H42P2. The van der Waals surface area contributed by atoms with E-state index in [4.69, 9.17) is 0 Å². The van der Waals surface area contributed by atoms with Crippen molar-refractivity contribution in [2.24, 2.45) is 0 Å². The molecule has 0 bridgehead atoms. The zero-order chi connectivity index (χ0) is 21.5. The summed E-state index contributed by atoms with van der Waals surface area (Å²) in [5.74, 6) is 0. The molecule has 0 fully saturated rings. The first-order valence-electron chi connectivity index (χ1n) is 12.3. The maximum atomic E-state index is 2.52. The minimum Gasteiger partial charge on any atom is -0.132 e. The summed E-state index contributed by atoms with van der Waals surface area (Å²) in [4.78, 5) is 0. The first-order chi connectivity index (χ1) is 14.2. The van der Waals surface area contributed by atoms with Gasteiger partial charge in [-0.15, -0.1) is 16.4 Å². The molecule has 2 aromatic heterocycles. The monoisotopic (exact) mass is 440 g/mol. The molecule has 0 nitrogen and oxygen atoms in total.